The van der Waals surface area contributed by atoms with Crippen molar-refractivity contribution < 1.29 is 14.3 Å². The lowest BCUT2D eigenvalue weighted by Gasteiger charge is -2.27. The molecule has 0 aliphatic carbocycles. The van der Waals surface area contributed by atoms with Gasteiger partial charge in [-0.15, -0.1) is 0 Å². The fourth-order valence-electron chi connectivity index (χ4n) is 1.87. The van der Waals surface area contributed by atoms with Gasteiger partial charge < -0.3 is 14.8 Å². The zero-order valence-electron chi connectivity index (χ0n) is 10.2. The number of fused-ring (bicyclic) bond motifs is 1. The van der Waals surface area contributed by atoms with E-state index in [9.17, 15) is 4.79 Å². The van der Waals surface area contributed by atoms with Gasteiger partial charge in [0.1, 0.15) is 12.4 Å². The third-order valence-corrected chi connectivity index (χ3v) is 2.65. The smallest absolute Gasteiger partial charge is 0.307 e. The predicted molar refractivity (Wildman–Crippen MR) is 65.3 cm³/mol. The third-order valence-electron chi connectivity index (χ3n) is 2.65. The highest BCUT2D eigenvalue weighted by molar-refractivity contribution is 5.71. The Morgan fingerprint density at radius 1 is 1.59 bits per heavy atom. The number of carbonyl (C=O) groups is 1. The zero-order valence-corrected chi connectivity index (χ0v) is 10.2. The van der Waals surface area contributed by atoms with E-state index in [1.54, 1.807) is 6.92 Å². The lowest BCUT2D eigenvalue weighted by Crippen LogP contribution is -2.34. The van der Waals surface area contributed by atoms with Crippen LogP contribution in [0.4, 0.5) is 5.69 Å². The molecule has 1 aromatic rings. The van der Waals surface area contributed by atoms with E-state index >= 15 is 0 Å². The molecule has 0 bridgehead atoms. The molecule has 0 saturated heterocycles. The van der Waals surface area contributed by atoms with E-state index in [1.807, 2.05) is 25.1 Å². The third kappa shape index (κ3) is 2.90. The zero-order chi connectivity index (χ0) is 12.3. The summed E-state index contributed by atoms with van der Waals surface area (Å²) in [6, 6.07) is 5.96. The molecule has 1 aromatic carbocycles. The molecule has 4 nitrogen and oxygen atoms in total. The van der Waals surface area contributed by atoms with E-state index in [1.165, 1.54) is 0 Å². The van der Waals surface area contributed by atoms with Crippen LogP contribution in [0.1, 0.15) is 18.9 Å². The van der Waals surface area contributed by atoms with Gasteiger partial charge in [0.2, 0.25) is 0 Å². The maximum Gasteiger partial charge on any atom is 0.307 e. The molecule has 1 atom stereocenters. The summed E-state index contributed by atoms with van der Waals surface area (Å²) in [6.45, 7) is 4.75. The van der Waals surface area contributed by atoms with Crippen LogP contribution >= 0.6 is 0 Å². The molecule has 1 aliphatic heterocycles. The van der Waals surface area contributed by atoms with Gasteiger partial charge in [-0.3, -0.25) is 4.79 Å². The summed E-state index contributed by atoms with van der Waals surface area (Å²) >= 11 is 0. The molecule has 0 fully saturated rings. The second-order valence-corrected chi connectivity index (χ2v) is 4.16. The monoisotopic (exact) mass is 235 g/mol. The lowest BCUT2D eigenvalue weighted by molar-refractivity contribution is -0.143. The normalized spacial score (nSPS) is 17.6. The highest BCUT2D eigenvalue weighted by Gasteiger charge is 2.21. The van der Waals surface area contributed by atoms with Gasteiger partial charge in [-0.1, -0.05) is 6.07 Å². The molecule has 0 spiro atoms. The molecule has 2 rings (SSSR count). The van der Waals surface area contributed by atoms with Crippen LogP contribution < -0.4 is 10.1 Å². The quantitative estimate of drug-likeness (QED) is 0.815. The lowest BCUT2D eigenvalue weighted by atomic mass is 10.1. The van der Waals surface area contributed by atoms with E-state index in [2.05, 4.69) is 5.32 Å². The number of rotatable bonds is 3. The number of nitrogens with one attached hydrogen (secondary N) is 1. The van der Waals surface area contributed by atoms with E-state index in [4.69, 9.17) is 9.47 Å². The van der Waals surface area contributed by atoms with E-state index in [-0.39, 0.29) is 12.0 Å². The van der Waals surface area contributed by atoms with Crippen LogP contribution in [-0.4, -0.2) is 25.2 Å². The summed E-state index contributed by atoms with van der Waals surface area (Å²) in [6.07, 6.45) is 0.335. The van der Waals surface area contributed by atoms with Gasteiger partial charge in [-0.05, 0) is 31.5 Å². The topological polar surface area (TPSA) is 47.6 Å². The fraction of sp³-hybridized carbons (Fsp3) is 0.462. The van der Waals surface area contributed by atoms with Crippen molar-refractivity contribution in [2.24, 2.45) is 0 Å². The maximum atomic E-state index is 11.4. The van der Waals surface area contributed by atoms with Crippen molar-refractivity contribution >= 4 is 11.7 Å². The summed E-state index contributed by atoms with van der Waals surface area (Å²) in [4.78, 5) is 11.4. The van der Waals surface area contributed by atoms with Gasteiger partial charge in [-0.25, -0.2) is 0 Å². The number of aryl methyl sites for hydroxylation is 1. The average Bonchev–Trinajstić information content (AvgIpc) is 2.28. The van der Waals surface area contributed by atoms with Crippen molar-refractivity contribution in [3.63, 3.8) is 0 Å². The Labute approximate surface area is 101 Å². The number of ether oxygens (including phenoxy) is 2. The molecule has 1 aliphatic rings. The van der Waals surface area contributed by atoms with Crippen molar-refractivity contribution in [1.29, 1.82) is 0 Å². The second-order valence-electron chi connectivity index (χ2n) is 4.16. The minimum absolute atomic E-state index is 0.0108. The minimum Gasteiger partial charge on any atom is -0.489 e. The molecule has 0 amide bonds. The molecular weight excluding hydrogens is 218 g/mol. The van der Waals surface area contributed by atoms with E-state index < -0.39 is 0 Å². The molecule has 1 unspecified atom stereocenters. The Hall–Kier alpha value is -1.71. The van der Waals surface area contributed by atoms with Crippen molar-refractivity contribution in [2.75, 3.05) is 18.5 Å². The number of benzene rings is 1. The first-order chi connectivity index (χ1) is 8.19. The first-order valence-corrected chi connectivity index (χ1v) is 5.84. The maximum absolute atomic E-state index is 11.4. The number of carbonyl (C=O) groups excluding carboxylic acids is 1. The van der Waals surface area contributed by atoms with Crippen LogP contribution in [-0.2, 0) is 9.53 Å². The van der Waals surface area contributed by atoms with E-state index in [0.29, 0.717) is 19.6 Å². The summed E-state index contributed by atoms with van der Waals surface area (Å²) < 4.78 is 10.5. The summed E-state index contributed by atoms with van der Waals surface area (Å²) in [5.41, 5.74) is 2.11. The Morgan fingerprint density at radius 2 is 2.41 bits per heavy atom. The molecule has 17 heavy (non-hydrogen) atoms. The molecule has 0 saturated carbocycles. The van der Waals surface area contributed by atoms with Crippen LogP contribution in [0, 0.1) is 6.92 Å². The largest absolute Gasteiger partial charge is 0.489 e. The predicted octanol–water partition coefficient (Wildman–Crippen LogP) is 2.12. The summed E-state index contributed by atoms with van der Waals surface area (Å²) in [5.74, 6) is 0.653. The van der Waals surface area contributed by atoms with Gasteiger partial charge in [0.25, 0.3) is 0 Å². The average molecular weight is 235 g/mol. The molecule has 92 valence electrons. The van der Waals surface area contributed by atoms with Crippen LogP contribution in [0.2, 0.25) is 0 Å². The van der Waals surface area contributed by atoms with Crippen LogP contribution in [0.3, 0.4) is 0 Å². The van der Waals surface area contributed by atoms with Gasteiger partial charge >= 0.3 is 5.97 Å². The molecule has 1 N–H and O–H groups in total. The van der Waals surface area contributed by atoms with Crippen molar-refractivity contribution in [3.8, 4) is 5.75 Å². The van der Waals surface area contributed by atoms with Crippen molar-refractivity contribution in [1.82, 2.24) is 0 Å². The Balaban J connectivity index is 2.00. The van der Waals surface area contributed by atoms with Crippen molar-refractivity contribution in [2.45, 2.75) is 26.3 Å². The van der Waals surface area contributed by atoms with Gasteiger partial charge in [0.15, 0.2) is 0 Å². The Kier molecular flexibility index (Phi) is 3.52. The Bertz CT molecular complexity index is 417. The molecular formula is C13H17NO3. The minimum atomic E-state index is -0.190. The van der Waals surface area contributed by atoms with Gasteiger partial charge in [-0.2, -0.15) is 0 Å². The van der Waals surface area contributed by atoms with Crippen LogP contribution in [0.15, 0.2) is 18.2 Å². The number of esters is 1. The standard InChI is InChI=1S/C13H17NO3/c1-3-16-13(15)7-10-8-17-12-5-4-9(2)6-11(12)14-10/h4-6,10,14H,3,7-8H2,1-2H3. The van der Waals surface area contributed by atoms with Crippen LogP contribution in [0.5, 0.6) is 5.75 Å². The Morgan fingerprint density at radius 3 is 3.18 bits per heavy atom. The summed E-state index contributed by atoms with van der Waals surface area (Å²) in [7, 11) is 0. The first kappa shape index (κ1) is 11.8. The SMILES string of the molecule is CCOC(=O)CC1COc2ccc(C)cc2N1. The summed E-state index contributed by atoms with van der Waals surface area (Å²) in [5, 5.41) is 3.30. The second kappa shape index (κ2) is 5.08. The van der Waals surface area contributed by atoms with Crippen molar-refractivity contribution in [3.05, 3.63) is 23.8 Å². The fourth-order valence-corrected chi connectivity index (χ4v) is 1.87. The van der Waals surface area contributed by atoms with Gasteiger partial charge in [0.05, 0.1) is 24.8 Å². The number of anilines is 1. The van der Waals surface area contributed by atoms with Gasteiger partial charge in [0, 0.05) is 0 Å². The van der Waals surface area contributed by atoms with Crippen LogP contribution in [0.25, 0.3) is 0 Å². The molecule has 0 aromatic heterocycles. The molecule has 1 heterocycles. The highest BCUT2D eigenvalue weighted by Crippen LogP contribution is 2.30. The first-order valence-electron chi connectivity index (χ1n) is 5.84. The number of hydrogen-bond acceptors (Lipinski definition) is 4. The highest BCUT2D eigenvalue weighted by atomic mass is 16.5. The molecule has 4 heteroatoms. The molecule has 0 radical (unpaired) electrons. The number of hydrogen-bond donors (Lipinski definition) is 1. The van der Waals surface area contributed by atoms with E-state index in [0.717, 1.165) is 17.0 Å².